The Bertz CT molecular complexity index is 292. The molecule has 2 fully saturated rings. The van der Waals surface area contributed by atoms with E-state index in [9.17, 15) is 4.79 Å². The second-order valence-electron chi connectivity index (χ2n) is 6.26. The molecule has 0 bridgehead atoms. The van der Waals surface area contributed by atoms with Crippen molar-refractivity contribution >= 4 is 5.91 Å². The first-order chi connectivity index (χ1) is 9.19. The maximum absolute atomic E-state index is 12.5. The molecule has 1 aliphatic carbocycles. The molecule has 4 nitrogen and oxygen atoms in total. The zero-order valence-electron chi connectivity index (χ0n) is 12.4. The van der Waals surface area contributed by atoms with Gasteiger partial charge in [-0.2, -0.15) is 0 Å². The number of nitrogens with zero attached hydrogens (tertiary/aromatic N) is 2. The number of hydrogen-bond donors (Lipinski definition) is 1. The molecule has 2 N–H and O–H groups in total. The molecule has 0 aromatic carbocycles. The molecule has 0 aromatic rings. The molecule has 4 heteroatoms. The van der Waals surface area contributed by atoms with Crippen LogP contribution in [-0.4, -0.2) is 55.0 Å². The van der Waals surface area contributed by atoms with Crippen LogP contribution < -0.4 is 5.73 Å². The number of carbonyl (C=O) groups excluding carboxylic acids is 1. The fourth-order valence-corrected chi connectivity index (χ4v) is 3.50. The fourth-order valence-electron chi connectivity index (χ4n) is 3.50. The molecule has 1 heterocycles. The van der Waals surface area contributed by atoms with Crippen molar-refractivity contribution in [1.82, 2.24) is 9.80 Å². The minimum absolute atomic E-state index is 0.108. The zero-order valence-corrected chi connectivity index (χ0v) is 12.4. The Morgan fingerprint density at radius 3 is 2.26 bits per heavy atom. The third kappa shape index (κ3) is 3.69. The van der Waals surface area contributed by atoms with Gasteiger partial charge in [0.2, 0.25) is 5.91 Å². The van der Waals surface area contributed by atoms with Crippen molar-refractivity contribution in [3.8, 4) is 0 Å². The van der Waals surface area contributed by atoms with Crippen LogP contribution in [0.5, 0.6) is 0 Å². The second kappa shape index (κ2) is 6.71. The van der Waals surface area contributed by atoms with E-state index in [4.69, 9.17) is 5.73 Å². The molecule has 19 heavy (non-hydrogen) atoms. The molecular formula is C15H29N3O. The molecule has 1 amide bonds. The summed E-state index contributed by atoms with van der Waals surface area (Å²) in [5, 5.41) is 0. The van der Waals surface area contributed by atoms with Gasteiger partial charge in [-0.05, 0) is 31.3 Å². The van der Waals surface area contributed by atoms with E-state index in [1.807, 2.05) is 0 Å². The Morgan fingerprint density at radius 1 is 1.11 bits per heavy atom. The largest absolute Gasteiger partial charge is 0.340 e. The van der Waals surface area contributed by atoms with Gasteiger partial charge in [0.25, 0.3) is 0 Å². The van der Waals surface area contributed by atoms with Crippen molar-refractivity contribution in [2.24, 2.45) is 11.1 Å². The number of amides is 1. The van der Waals surface area contributed by atoms with E-state index in [-0.39, 0.29) is 5.41 Å². The van der Waals surface area contributed by atoms with E-state index in [2.05, 4.69) is 16.7 Å². The molecule has 0 aromatic heterocycles. The third-order valence-electron chi connectivity index (χ3n) is 5.05. The highest BCUT2D eigenvalue weighted by Gasteiger charge is 2.34. The van der Waals surface area contributed by atoms with Gasteiger partial charge in [-0.1, -0.05) is 26.2 Å². The van der Waals surface area contributed by atoms with Crippen molar-refractivity contribution in [2.75, 3.05) is 39.3 Å². The highest BCUT2D eigenvalue weighted by Crippen LogP contribution is 2.38. The predicted molar refractivity (Wildman–Crippen MR) is 77.9 cm³/mol. The van der Waals surface area contributed by atoms with Crippen LogP contribution in [0.1, 0.15) is 45.4 Å². The van der Waals surface area contributed by atoms with Crippen LogP contribution in [0.2, 0.25) is 0 Å². The zero-order chi connectivity index (χ0) is 13.7. The molecule has 1 saturated carbocycles. The van der Waals surface area contributed by atoms with Gasteiger partial charge < -0.3 is 15.5 Å². The Labute approximate surface area is 117 Å². The maximum Gasteiger partial charge on any atom is 0.223 e. The second-order valence-corrected chi connectivity index (χ2v) is 6.26. The van der Waals surface area contributed by atoms with E-state index in [1.54, 1.807) is 0 Å². The highest BCUT2D eigenvalue weighted by atomic mass is 16.2. The van der Waals surface area contributed by atoms with Crippen molar-refractivity contribution in [2.45, 2.75) is 45.4 Å². The van der Waals surface area contributed by atoms with Gasteiger partial charge in [-0.3, -0.25) is 4.79 Å². The molecule has 0 radical (unpaired) electrons. The van der Waals surface area contributed by atoms with Gasteiger partial charge in [0.1, 0.15) is 0 Å². The first-order valence-electron chi connectivity index (χ1n) is 7.89. The van der Waals surface area contributed by atoms with Gasteiger partial charge in [0, 0.05) is 32.6 Å². The summed E-state index contributed by atoms with van der Waals surface area (Å²) in [6, 6.07) is 0. The maximum atomic E-state index is 12.5. The molecule has 0 spiro atoms. The molecule has 1 aliphatic heterocycles. The summed E-state index contributed by atoms with van der Waals surface area (Å²) in [6.07, 6.45) is 6.76. The number of hydrogen-bond acceptors (Lipinski definition) is 3. The topological polar surface area (TPSA) is 49.6 Å². The predicted octanol–water partition coefficient (Wildman–Crippen LogP) is 1.45. The summed E-state index contributed by atoms with van der Waals surface area (Å²) in [7, 11) is 0. The Morgan fingerprint density at radius 2 is 1.74 bits per heavy atom. The molecule has 0 atom stereocenters. The lowest BCUT2D eigenvalue weighted by Gasteiger charge is -2.39. The molecule has 2 rings (SSSR count). The summed E-state index contributed by atoms with van der Waals surface area (Å²) < 4.78 is 0. The van der Waals surface area contributed by atoms with Crippen molar-refractivity contribution in [1.29, 1.82) is 0 Å². The molecule has 2 aliphatic rings. The van der Waals surface area contributed by atoms with Crippen LogP contribution in [0.25, 0.3) is 0 Å². The van der Waals surface area contributed by atoms with Crippen LogP contribution in [0.4, 0.5) is 0 Å². The van der Waals surface area contributed by atoms with Gasteiger partial charge in [-0.15, -0.1) is 0 Å². The monoisotopic (exact) mass is 267 g/mol. The lowest BCUT2D eigenvalue weighted by Crippen LogP contribution is -2.50. The Balaban J connectivity index is 1.86. The molecule has 110 valence electrons. The first kappa shape index (κ1) is 14.8. The van der Waals surface area contributed by atoms with E-state index in [1.165, 1.54) is 19.3 Å². The van der Waals surface area contributed by atoms with E-state index < -0.39 is 0 Å². The normalized spacial score (nSPS) is 24.4. The fraction of sp³-hybridized carbons (Fsp3) is 0.933. The smallest absolute Gasteiger partial charge is 0.223 e. The van der Waals surface area contributed by atoms with Crippen LogP contribution in [0.15, 0.2) is 0 Å². The van der Waals surface area contributed by atoms with Gasteiger partial charge >= 0.3 is 0 Å². The lowest BCUT2D eigenvalue weighted by atomic mass is 9.71. The van der Waals surface area contributed by atoms with E-state index in [0.717, 1.165) is 45.6 Å². The summed E-state index contributed by atoms with van der Waals surface area (Å²) in [4.78, 5) is 16.9. The SMILES string of the molecule is CCN1CCN(C(=O)CC2(CN)CCCCC2)CC1. The average molecular weight is 267 g/mol. The number of likely N-dealkylation sites (N-methyl/N-ethyl adjacent to an activating group) is 1. The Hall–Kier alpha value is -0.610. The molecular weight excluding hydrogens is 238 g/mol. The summed E-state index contributed by atoms with van der Waals surface area (Å²) >= 11 is 0. The molecule has 0 unspecified atom stereocenters. The first-order valence-corrected chi connectivity index (χ1v) is 7.89. The highest BCUT2D eigenvalue weighted by molar-refractivity contribution is 5.77. The molecule has 1 saturated heterocycles. The van der Waals surface area contributed by atoms with Crippen molar-refractivity contribution in [3.63, 3.8) is 0 Å². The van der Waals surface area contributed by atoms with Gasteiger partial charge in [0.15, 0.2) is 0 Å². The third-order valence-corrected chi connectivity index (χ3v) is 5.05. The average Bonchev–Trinajstić information content (AvgIpc) is 2.48. The number of carbonyl (C=O) groups is 1. The standard InChI is InChI=1S/C15H29N3O/c1-2-17-8-10-18(11-9-17)14(19)12-15(13-16)6-4-3-5-7-15/h2-13,16H2,1H3. The minimum atomic E-state index is 0.108. The van der Waals surface area contributed by atoms with Gasteiger partial charge in [-0.25, -0.2) is 0 Å². The van der Waals surface area contributed by atoms with Gasteiger partial charge in [0.05, 0.1) is 0 Å². The van der Waals surface area contributed by atoms with E-state index >= 15 is 0 Å². The minimum Gasteiger partial charge on any atom is -0.340 e. The Kier molecular flexibility index (Phi) is 5.22. The van der Waals surface area contributed by atoms with Crippen molar-refractivity contribution in [3.05, 3.63) is 0 Å². The summed E-state index contributed by atoms with van der Waals surface area (Å²) in [5.41, 5.74) is 6.09. The summed E-state index contributed by atoms with van der Waals surface area (Å²) in [5.74, 6) is 0.336. The lowest BCUT2D eigenvalue weighted by molar-refractivity contribution is -0.136. The van der Waals surface area contributed by atoms with Crippen LogP contribution in [0.3, 0.4) is 0 Å². The van der Waals surface area contributed by atoms with Crippen LogP contribution in [-0.2, 0) is 4.79 Å². The number of rotatable bonds is 4. The van der Waals surface area contributed by atoms with Crippen molar-refractivity contribution < 1.29 is 4.79 Å². The summed E-state index contributed by atoms with van der Waals surface area (Å²) in [6.45, 7) is 7.79. The number of nitrogens with two attached hydrogens (primary N) is 1. The van der Waals surface area contributed by atoms with E-state index in [0.29, 0.717) is 18.9 Å². The van der Waals surface area contributed by atoms with Crippen LogP contribution >= 0.6 is 0 Å². The van der Waals surface area contributed by atoms with Crippen LogP contribution in [0, 0.1) is 5.41 Å². The number of piperazine rings is 1. The quantitative estimate of drug-likeness (QED) is 0.839.